The van der Waals surface area contributed by atoms with Gasteiger partial charge in [0.05, 0.1) is 6.04 Å². The van der Waals surface area contributed by atoms with E-state index in [1.165, 1.54) is 25.3 Å². The molecule has 2 heterocycles. The maximum atomic E-state index is 13.8. The molecule has 2 bridgehead atoms. The summed E-state index contributed by atoms with van der Waals surface area (Å²) < 4.78 is 42.4. The van der Waals surface area contributed by atoms with E-state index in [-0.39, 0.29) is 24.0 Å². The van der Waals surface area contributed by atoms with Gasteiger partial charge in [-0.05, 0) is 49.5 Å². The van der Waals surface area contributed by atoms with E-state index in [0.717, 1.165) is 22.6 Å². The number of hydrogen-bond donors (Lipinski definition) is 2. The van der Waals surface area contributed by atoms with Crippen LogP contribution < -0.4 is 10.6 Å². The van der Waals surface area contributed by atoms with Crippen molar-refractivity contribution in [1.82, 2.24) is 15.1 Å². The molecule has 5 rings (SSSR count). The van der Waals surface area contributed by atoms with Crippen molar-refractivity contribution in [2.24, 2.45) is 17.8 Å². The fourth-order valence-corrected chi connectivity index (χ4v) is 5.88. The standard InChI is InChI=1S/C23H27F3N4O/c1-13(17-10-14-7-8-16(17)9-14)27-22(31)19-12-21-28-18(15-5-3-2-4-6-15)11-20(23(24,25)26)30(21)29-19/h2-6,12-14,16-18,20,28H,7-11H2,1H3,(H,27,31)/t13-,14-,16-,17+,18-,20+/m1/s1. The summed E-state index contributed by atoms with van der Waals surface area (Å²) in [5.74, 6) is 1.68. The average Bonchev–Trinajstić information content (AvgIpc) is 3.48. The molecule has 1 aromatic carbocycles. The molecule has 3 aliphatic rings. The van der Waals surface area contributed by atoms with Gasteiger partial charge in [0, 0.05) is 18.5 Å². The molecule has 0 radical (unpaired) electrons. The second-order valence-electron chi connectivity index (χ2n) is 9.36. The molecule has 1 amide bonds. The average molecular weight is 432 g/mol. The SMILES string of the molecule is C[C@@H](NC(=O)c1cc2n(n1)[C@H](C(F)(F)F)C[C@H](c1ccccc1)N2)[C@@H]1C[C@@H]2CC[C@@H]1C2. The first kappa shape index (κ1) is 20.4. The van der Waals surface area contributed by atoms with E-state index in [1.54, 1.807) is 0 Å². The van der Waals surface area contributed by atoms with Crippen molar-refractivity contribution in [3.05, 3.63) is 47.7 Å². The van der Waals surface area contributed by atoms with Gasteiger partial charge in [-0.25, -0.2) is 4.68 Å². The summed E-state index contributed by atoms with van der Waals surface area (Å²) in [6.45, 7) is 2.00. The molecule has 2 aliphatic carbocycles. The fraction of sp³-hybridized carbons (Fsp3) is 0.565. The predicted molar refractivity (Wildman–Crippen MR) is 111 cm³/mol. The van der Waals surface area contributed by atoms with Crippen LogP contribution in [0, 0.1) is 17.8 Å². The van der Waals surface area contributed by atoms with Crippen LogP contribution >= 0.6 is 0 Å². The molecule has 8 heteroatoms. The zero-order valence-corrected chi connectivity index (χ0v) is 17.4. The lowest BCUT2D eigenvalue weighted by atomic mass is 9.84. The molecule has 5 nitrogen and oxygen atoms in total. The van der Waals surface area contributed by atoms with Crippen LogP contribution in [0.4, 0.5) is 19.0 Å². The highest BCUT2D eigenvalue weighted by atomic mass is 19.4. The van der Waals surface area contributed by atoms with Gasteiger partial charge in [0.2, 0.25) is 0 Å². The summed E-state index contributed by atoms with van der Waals surface area (Å²) in [5, 5.41) is 10.2. The van der Waals surface area contributed by atoms with Gasteiger partial charge >= 0.3 is 6.18 Å². The van der Waals surface area contributed by atoms with Crippen molar-refractivity contribution in [3.8, 4) is 0 Å². The number of hydrogen-bond acceptors (Lipinski definition) is 3. The molecular weight excluding hydrogens is 405 g/mol. The van der Waals surface area contributed by atoms with Crippen molar-refractivity contribution in [2.45, 2.75) is 63.3 Å². The van der Waals surface area contributed by atoms with E-state index >= 15 is 0 Å². The number of benzene rings is 1. The van der Waals surface area contributed by atoms with E-state index < -0.39 is 24.2 Å². The van der Waals surface area contributed by atoms with Crippen LogP contribution in [0.15, 0.2) is 36.4 Å². The molecular formula is C23H27F3N4O. The Kier molecular flexibility index (Phi) is 4.98. The van der Waals surface area contributed by atoms with E-state index in [4.69, 9.17) is 0 Å². The minimum absolute atomic E-state index is 0.00929. The summed E-state index contributed by atoms with van der Waals surface area (Å²) in [6, 6.07) is 8.21. The fourth-order valence-electron chi connectivity index (χ4n) is 5.88. The maximum absolute atomic E-state index is 13.8. The van der Waals surface area contributed by atoms with Crippen molar-refractivity contribution in [3.63, 3.8) is 0 Å². The molecule has 1 aliphatic heterocycles. The van der Waals surface area contributed by atoms with Crippen LogP contribution in [0.25, 0.3) is 0 Å². The molecule has 1 aromatic heterocycles. The number of anilines is 1. The van der Waals surface area contributed by atoms with Gasteiger partial charge in [-0.15, -0.1) is 0 Å². The van der Waals surface area contributed by atoms with Gasteiger partial charge in [-0.3, -0.25) is 4.79 Å². The second-order valence-corrected chi connectivity index (χ2v) is 9.36. The van der Waals surface area contributed by atoms with Crippen LogP contribution in [0.5, 0.6) is 0 Å². The Morgan fingerprint density at radius 3 is 2.61 bits per heavy atom. The zero-order chi connectivity index (χ0) is 21.8. The highest BCUT2D eigenvalue weighted by Crippen LogP contribution is 2.49. The van der Waals surface area contributed by atoms with E-state index in [0.29, 0.717) is 11.8 Å². The monoisotopic (exact) mass is 432 g/mol. The Bertz CT molecular complexity index is 957. The van der Waals surface area contributed by atoms with Gasteiger partial charge in [0.1, 0.15) is 5.82 Å². The van der Waals surface area contributed by atoms with Crippen LogP contribution in [0.1, 0.15) is 67.2 Å². The van der Waals surface area contributed by atoms with E-state index in [9.17, 15) is 18.0 Å². The Labute approximate surface area is 179 Å². The summed E-state index contributed by atoms with van der Waals surface area (Å²) in [7, 11) is 0. The van der Waals surface area contributed by atoms with Gasteiger partial charge in [-0.1, -0.05) is 36.8 Å². The summed E-state index contributed by atoms with van der Waals surface area (Å²) in [4.78, 5) is 12.8. The van der Waals surface area contributed by atoms with Crippen LogP contribution in [0.2, 0.25) is 0 Å². The Morgan fingerprint density at radius 2 is 1.97 bits per heavy atom. The number of aromatic nitrogens is 2. The number of nitrogens with one attached hydrogen (secondary N) is 2. The molecule has 0 saturated heterocycles. The number of carbonyl (C=O) groups excluding carboxylic acids is 1. The smallest absolute Gasteiger partial charge is 0.363 e. The Balaban J connectivity index is 1.36. The normalized spacial score (nSPS) is 30.5. The molecule has 31 heavy (non-hydrogen) atoms. The first-order chi connectivity index (χ1) is 14.8. The Hall–Kier alpha value is -2.51. The predicted octanol–water partition coefficient (Wildman–Crippen LogP) is 5.10. The number of carbonyl (C=O) groups is 1. The molecule has 0 unspecified atom stereocenters. The number of halogens is 3. The third kappa shape index (κ3) is 3.81. The number of fused-ring (bicyclic) bond motifs is 3. The summed E-state index contributed by atoms with van der Waals surface area (Å²) in [5.41, 5.74) is 0.806. The van der Waals surface area contributed by atoms with Crippen molar-refractivity contribution in [2.75, 3.05) is 5.32 Å². The maximum Gasteiger partial charge on any atom is 0.410 e. The molecule has 166 valence electrons. The zero-order valence-electron chi connectivity index (χ0n) is 17.4. The molecule has 0 spiro atoms. The quantitative estimate of drug-likeness (QED) is 0.707. The van der Waals surface area contributed by atoms with Crippen molar-refractivity contribution < 1.29 is 18.0 Å². The highest BCUT2D eigenvalue weighted by Gasteiger charge is 2.47. The van der Waals surface area contributed by atoms with Crippen molar-refractivity contribution >= 4 is 11.7 Å². The Morgan fingerprint density at radius 1 is 1.19 bits per heavy atom. The van der Waals surface area contributed by atoms with Gasteiger partial charge in [0.15, 0.2) is 11.7 Å². The van der Waals surface area contributed by atoms with Crippen molar-refractivity contribution in [1.29, 1.82) is 0 Å². The lowest BCUT2D eigenvalue weighted by Crippen LogP contribution is -2.40. The van der Waals surface area contributed by atoms with Gasteiger partial charge in [-0.2, -0.15) is 18.3 Å². The molecule has 2 saturated carbocycles. The third-order valence-corrected chi connectivity index (χ3v) is 7.42. The number of alkyl halides is 3. The largest absolute Gasteiger partial charge is 0.410 e. The van der Waals surface area contributed by atoms with Gasteiger partial charge < -0.3 is 10.6 Å². The van der Waals surface area contributed by atoms with Gasteiger partial charge in [0.25, 0.3) is 5.91 Å². The lowest BCUT2D eigenvalue weighted by molar-refractivity contribution is -0.173. The lowest BCUT2D eigenvalue weighted by Gasteiger charge is -2.33. The summed E-state index contributed by atoms with van der Waals surface area (Å²) in [6.07, 6.45) is 0.226. The number of nitrogens with zero attached hydrogens (tertiary/aromatic N) is 2. The first-order valence-corrected chi connectivity index (χ1v) is 11.1. The molecule has 2 N–H and O–H groups in total. The highest BCUT2D eigenvalue weighted by molar-refractivity contribution is 5.93. The molecule has 6 atom stereocenters. The van der Waals surface area contributed by atoms with Crippen LogP contribution in [-0.4, -0.2) is 27.9 Å². The summed E-state index contributed by atoms with van der Waals surface area (Å²) >= 11 is 0. The van der Waals surface area contributed by atoms with E-state index in [2.05, 4.69) is 15.7 Å². The third-order valence-electron chi connectivity index (χ3n) is 7.42. The van der Waals surface area contributed by atoms with Crippen LogP contribution in [-0.2, 0) is 0 Å². The second kappa shape index (κ2) is 7.57. The molecule has 2 aromatic rings. The van der Waals surface area contributed by atoms with Crippen LogP contribution in [0.3, 0.4) is 0 Å². The topological polar surface area (TPSA) is 59.0 Å². The minimum atomic E-state index is -4.46. The van der Waals surface area contributed by atoms with E-state index in [1.807, 2.05) is 37.3 Å². The number of amides is 1. The first-order valence-electron chi connectivity index (χ1n) is 11.1. The molecule has 2 fully saturated rings. The minimum Gasteiger partial charge on any atom is -0.363 e. The number of rotatable bonds is 4.